The van der Waals surface area contributed by atoms with Gasteiger partial charge >= 0.3 is 0 Å². The van der Waals surface area contributed by atoms with Crippen molar-refractivity contribution in [1.29, 1.82) is 0 Å². The van der Waals surface area contributed by atoms with Crippen molar-refractivity contribution in [3.63, 3.8) is 0 Å². The average molecular weight is 382 g/mol. The number of thiazole rings is 1. The minimum atomic E-state index is -0.125. The Kier molecular flexibility index (Phi) is 3.80. The average Bonchev–Trinajstić information content (AvgIpc) is 3.35. The Balaban J connectivity index is 1.52. The number of pyridine rings is 1. The zero-order chi connectivity index (χ0) is 18.7. The molecule has 0 radical (unpaired) electrons. The second-order valence-electron chi connectivity index (χ2n) is 7.61. The quantitative estimate of drug-likeness (QED) is 0.754. The Bertz CT molecular complexity index is 1060. The maximum Gasteiger partial charge on any atom is 0.258 e. The molecule has 0 saturated heterocycles. The predicted octanol–water partition coefficient (Wildman–Crippen LogP) is 2.85. The van der Waals surface area contributed by atoms with Crippen LogP contribution in [0.4, 0.5) is 5.13 Å². The smallest absolute Gasteiger partial charge is 0.258 e. The summed E-state index contributed by atoms with van der Waals surface area (Å²) in [5.41, 5.74) is 4.37. The van der Waals surface area contributed by atoms with Crippen LogP contribution in [0.3, 0.4) is 0 Å². The van der Waals surface area contributed by atoms with Gasteiger partial charge in [0.15, 0.2) is 10.8 Å². The van der Waals surface area contributed by atoms with E-state index >= 15 is 0 Å². The number of carbonyl (C=O) groups is 1. The van der Waals surface area contributed by atoms with Crippen molar-refractivity contribution >= 4 is 33.4 Å². The molecule has 3 aromatic rings. The first kappa shape index (κ1) is 16.8. The molecule has 0 bridgehead atoms. The number of likely N-dealkylation sites (N-methyl/N-ethyl adjacent to an activating group) is 1. The molecule has 0 aromatic carbocycles. The molecule has 2 aliphatic rings. The SMILES string of the molecule is Cc1nn(C)c2nc(C3CC3)cc(C(=O)Nc3nc4c(s3)CN(C)CC4)c12. The molecule has 7 nitrogen and oxygen atoms in total. The first-order valence-corrected chi connectivity index (χ1v) is 10.1. The highest BCUT2D eigenvalue weighted by Gasteiger charge is 2.29. The number of aryl methyl sites for hydroxylation is 2. The first-order valence-electron chi connectivity index (χ1n) is 9.32. The first-order chi connectivity index (χ1) is 13.0. The molecule has 140 valence electrons. The summed E-state index contributed by atoms with van der Waals surface area (Å²) in [6, 6.07) is 1.95. The molecule has 4 heterocycles. The van der Waals surface area contributed by atoms with E-state index in [0.29, 0.717) is 16.6 Å². The Morgan fingerprint density at radius 2 is 2.11 bits per heavy atom. The normalized spacial score (nSPS) is 17.3. The minimum absolute atomic E-state index is 0.125. The number of carbonyl (C=O) groups excluding carboxylic acids is 1. The van der Waals surface area contributed by atoms with Gasteiger partial charge < -0.3 is 4.90 Å². The van der Waals surface area contributed by atoms with Gasteiger partial charge in [-0.15, -0.1) is 11.3 Å². The van der Waals surface area contributed by atoms with E-state index in [4.69, 9.17) is 4.98 Å². The number of nitrogens with one attached hydrogen (secondary N) is 1. The second-order valence-corrected chi connectivity index (χ2v) is 8.69. The van der Waals surface area contributed by atoms with Crippen LogP contribution >= 0.6 is 11.3 Å². The lowest BCUT2D eigenvalue weighted by Gasteiger charge is -2.20. The van der Waals surface area contributed by atoms with Crippen LogP contribution in [0, 0.1) is 6.92 Å². The molecule has 0 atom stereocenters. The third kappa shape index (κ3) is 2.93. The zero-order valence-corrected chi connectivity index (χ0v) is 16.6. The summed E-state index contributed by atoms with van der Waals surface area (Å²) in [6.07, 6.45) is 3.22. The van der Waals surface area contributed by atoms with Crippen LogP contribution in [0.5, 0.6) is 0 Å². The van der Waals surface area contributed by atoms with Crippen LogP contribution in [0.15, 0.2) is 6.07 Å². The number of nitrogens with zero attached hydrogens (tertiary/aromatic N) is 5. The van der Waals surface area contributed by atoms with Crippen molar-refractivity contribution in [2.45, 2.75) is 38.6 Å². The third-order valence-corrected chi connectivity index (χ3v) is 6.37. The van der Waals surface area contributed by atoms with Gasteiger partial charge in [-0.05, 0) is 32.9 Å². The fraction of sp³-hybridized carbons (Fsp3) is 0.474. The van der Waals surface area contributed by atoms with Gasteiger partial charge in [0.25, 0.3) is 5.91 Å². The number of aromatic nitrogens is 4. The van der Waals surface area contributed by atoms with E-state index < -0.39 is 0 Å². The fourth-order valence-electron chi connectivity index (χ4n) is 3.77. The van der Waals surface area contributed by atoms with E-state index in [2.05, 4.69) is 27.3 Å². The molecule has 0 spiro atoms. The van der Waals surface area contributed by atoms with Crippen molar-refractivity contribution in [3.05, 3.63) is 33.6 Å². The molecule has 1 aliphatic heterocycles. The summed E-state index contributed by atoms with van der Waals surface area (Å²) in [5, 5.41) is 9.02. The molecule has 1 aliphatic carbocycles. The van der Waals surface area contributed by atoms with Crippen molar-refractivity contribution < 1.29 is 4.79 Å². The molecule has 8 heteroatoms. The van der Waals surface area contributed by atoms with Crippen molar-refractivity contribution in [1.82, 2.24) is 24.6 Å². The highest BCUT2D eigenvalue weighted by atomic mass is 32.1. The fourth-order valence-corrected chi connectivity index (χ4v) is 4.86. The maximum atomic E-state index is 13.1. The highest BCUT2D eigenvalue weighted by molar-refractivity contribution is 7.15. The summed E-state index contributed by atoms with van der Waals surface area (Å²) in [5.74, 6) is 0.346. The third-order valence-electron chi connectivity index (χ3n) is 5.37. The summed E-state index contributed by atoms with van der Waals surface area (Å²) in [6.45, 7) is 3.83. The van der Waals surface area contributed by atoms with Gasteiger partial charge in [-0.1, -0.05) is 0 Å². The Morgan fingerprint density at radius 3 is 2.89 bits per heavy atom. The monoisotopic (exact) mass is 382 g/mol. The van der Waals surface area contributed by atoms with Gasteiger partial charge in [0.1, 0.15) is 0 Å². The molecular weight excluding hydrogens is 360 g/mol. The minimum Gasteiger partial charge on any atom is -0.301 e. The Morgan fingerprint density at radius 1 is 1.30 bits per heavy atom. The van der Waals surface area contributed by atoms with Gasteiger partial charge in [0.2, 0.25) is 0 Å². The lowest BCUT2D eigenvalue weighted by Crippen LogP contribution is -2.25. The van der Waals surface area contributed by atoms with Crippen LogP contribution < -0.4 is 5.32 Å². The van der Waals surface area contributed by atoms with E-state index in [9.17, 15) is 4.79 Å². The lowest BCUT2D eigenvalue weighted by molar-refractivity contribution is 0.102. The predicted molar refractivity (Wildman–Crippen MR) is 105 cm³/mol. The molecule has 1 N–H and O–H groups in total. The van der Waals surface area contributed by atoms with Gasteiger partial charge in [0, 0.05) is 43.0 Å². The highest BCUT2D eigenvalue weighted by Crippen LogP contribution is 2.40. The summed E-state index contributed by atoms with van der Waals surface area (Å²) in [4.78, 5) is 26.1. The van der Waals surface area contributed by atoms with Crippen molar-refractivity contribution in [2.24, 2.45) is 7.05 Å². The molecule has 3 aromatic heterocycles. The summed E-state index contributed by atoms with van der Waals surface area (Å²) < 4.78 is 1.77. The molecule has 5 rings (SSSR count). The molecule has 1 amide bonds. The van der Waals surface area contributed by atoms with Crippen LogP contribution in [0.25, 0.3) is 11.0 Å². The lowest BCUT2D eigenvalue weighted by atomic mass is 10.1. The molecular formula is C19H22N6OS. The number of amides is 1. The molecule has 27 heavy (non-hydrogen) atoms. The van der Waals surface area contributed by atoms with Gasteiger partial charge in [-0.2, -0.15) is 5.10 Å². The maximum absolute atomic E-state index is 13.1. The molecule has 0 unspecified atom stereocenters. The van der Waals surface area contributed by atoms with Gasteiger partial charge in [0.05, 0.1) is 22.3 Å². The van der Waals surface area contributed by atoms with Crippen LogP contribution in [0.1, 0.15) is 51.1 Å². The van der Waals surface area contributed by atoms with Gasteiger partial charge in [-0.25, -0.2) is 9.97 Å². The molecule has 1 fully saturated rings. The number of fused-ring (bicyclic) bond motifs is 2. The van der Waals surface area contributed by atoms with Gasteiger partial charge in [-0.3, -0.25) is 14.8 Å². The van der Waals surface area contributed by atoms with Crippen LogP contribution in [-0.4, -0.2) is 44.1 Å². The Hall–Kier alpha value is -2.32. The van der Waals surface area contributed by atoms with E-state index in [1.165, 1.54) is 4.88 Å². The zero-order valence-electron chi connectivity index (χ0n) is 15.7. The number of anilines is 1. The standard InChI is InChI=1S/C19H22N6OS/c1-10-16-12(8-14(11-4-5-11)20-17(16)25(3)23-10)18(26)22-19-21-13-6-7-24(2)9-15(13)27-19/h8,11H,4-7,9H2,1-3H3,(H,21,22,26). The summed E-state index contributed by atoms with van der Waals surface area (Å²) in [7, 11) is 3.99. The Labute approximate surface area is 161 Å². The van der Waals surface area contributed by atoms with Crippen molar-refractivity contribution in [2.75, 3.05) is 18.9 Å². The van der Waals surface area contributed by atoms with E-state index in [0.717, 1.165) is 60.5 Å². The largest absolute Gasteiger partial charge is 0.301 e. The second kappa shape index (κ2) is 6.10. The van der Waals surface area contributed by atoms with Crippen LogP contribution in [-0.2, 0) is 20.0 Å². The van der Waals surface area contributed by atoms with E-state index in [1.54, 1.807) is 16.0 Å². The van der Waals surface area contributed by atoms with Crippen LogP contribution in [0.2, 0.25) is 0 Å². The number of hydrogen-bond acceptors (Lipinski definition) is 6. The number of rotatable bonds is 3. The van der Waals surface area contributed by atoms with E-state index in [-0.39, 0.29) is 5.91 Å². The van der Waals surface area contributed by atoms with Crippen molar-refractivity contribution in [3.8, 4) is 0 Å². The van der Waals surface area contributed by atoms with E-state index in [1.807, 2.05) is 20.0 Å². The topological polar surface area (TPSA) is 75.9 Å². The summed E-state index contributed by atoms with van der Waals surface area (Å²) >= 11 is 1.58. The molecule has 1 saturated carbocycles. The number of hydrogen-bond donors (Lipinski definition) is 1.